The zero-order valence-corrected chi connectivity index (χ0v) is 21.9. The average Bonchev–Trinajstić information content (AvgIpc) is 2.84. The average molecular weight is 584 g/mol. The van der Waals surface area contributed by atoms with Crippen LogP contribution in [-0.4, -0.2) is 23.5 Å². The molecule has 1 aliphatic heterocycles. The van der Waals surface area contributed by atoms with Crippen LogP contribution in [0.2, 0.25) is 0 Å². The summed E-state index contributed by atoms with van der Waals surface area (Å²) in [5.74, 6) is -0.762. The number of likely N-dealkylation sites (tertiary alicyclic amines) is 1. The van der Waals surface area contributed by atoms with Gasteiger partial charge in [0.2, 0.25) is 0 Å². The van der Waals surface area contributed by atoms with E-state index >= 15 is 0 Å². The van der Waals surface area contributed by atoms with E-state index < -0.39 is 65.4 Å². The minimum atomic E-state index is -4.92. The van der Waals surface area contributed by atoms with Crippen molar-refractivity contribution in [1.82, 2.24) is 4.90 Å². The van der Waals surface area contributed by atoms with E-state index in [-0.39, 0.29) is 25.4 Å². The van der Waals surface area contributed by atoms with Crippen molar-refractivity contribution >= 4 is 5.97 Å². The number of rotatable bonds is 8. The van der Waals surface area contributed by atoms with Gasteiger partial charge in [0.05, 0.1) is 23.3 Å². The number of alkyl halides is 9. The van der Waals surface area contributed by atoms with E-state index in [1.54, 1.807) is 11.8 Å². The van der Waals surface area contributed by atoms with Crippen molar-refractivity contribution in [1.29, 1.82) is 0 Å². The van der Waals surface area contributed by atoms with Crippen LogP contribution in [-0.2, 0) is 34.6 Å². The van der Waals surface area contributed by atoms with Gasteiger partial charge in [-0.2, -0.15) is 39.5 Å². The van der Waals surface area contributed by atoms with Crippen LogP contribution in [0, 0.1) is 5.92 Å². The van der Waals surface area contributed by atoms with E-state index in [1.165, 1.54) is 12.1 Å². The summed E-state index contributed by atoms with van der Waals surface area (Å²) in [5, 5.41) is 0. The molecule has 1 aliphatic rings. The predicted molar refractivity (Wildman–Crippen MR) is 129 cm³/mol. The second-order valence-electron chi connectivity index (χ2n) is 9.96. The summed E-state index contributed by atoms with van der Waals surface area (Å²) in [6.07, 6.45) is -12.8. The van der Waals surface area contributed by atoms with Crippen molar-refractivity contribution in [3.8, 4) is 0 Å². The quantitative estimate of drug-likeness (QED) is 0.230. The zero-order valence-electron chi connectivity index (χ0n) is 21.9. The van der Waals surface area contributed by atoms with Gasteiger partial charge in [-0.15, -0.1) is 0 Å². The molecule has 0 radical (unpaired) electrons. The molecule has 0 saturated carbocycles. The van der Waals surface area contributed by atoms with Gasteiger partial charge in [-0.3, -0.25) is 9.69 Å². The number of hydrogen-bond acceptors (Lipinski definition) is 3. The van der Waals surface area contributed by atoms with Crippen molar-refractivity contribution in [2.45, 2.75) is 83.1 Å². The van der Waals surface area contributed by atoms with Gasteiger partial charge in [0.1, 0.15) is 0 Å². The molecule has 3 nitrogen and oxygen atoms in total. The third-order valence-corrected chi connectivity index (χ3v) is 7.13. The number of benzene rings is 2. The first-order valence-electron chi connectivity index (χ1n) is 12.9. The Balaban J connectivity index is 2.10. The molecule has 1 heterocycles. The van der Waals surface area contributed by atoms with Crippen LogP contribution >= 0.6 is 0 Å². The van der Waals surface area contributed by atoms with E-state index in [0.29, 0.717) is 43.0 Å². The third-order valence-electron chi connectivity index (χ3n) is 7.13. The maximum absolute atomic E-state index is 13.9. The van der Waals surface area contributed by atoms with Gasteiger partial charge in [0, 0.05) is 25.0 Å². The Hall–Kier alpha value is -2.76. The van der Waals surface area contributed by atoms with Crippen molar-refractivity contribution in [2.24, 2.45) is 5.92 Å². The molecule has 12 heteroatoms. The highest BCUT2D eigenvalue weighted by Gasteiger charge is 2.41. The van der Waals surface area contributed by atoms with E-state index in [0.717, 1.165) is 12.1 Å². The van der Waals surface area contributed by atoms with Gasteiger partial charge in [0.15, 0.2) is 0 Å². The smallest absolute Gasteiger partial charge is 0.416 e. The largest absolute Gasteiger partial charge is 0.466 e. The molecule has 0 amide bonds. The van der Waals surface area contributed by atoms with Gasteiger partial charge in [0.25, 0.3) is 0 Å². The fourth-order valence-corrected chi connectivity index (χ4v) is 5.40. The highest BCUT2D eigenvalue weighted by Crippen LogP contribution is 2.44. The van der Waals surface area contributed by atoms with Crippen LogP contribution in [0.3, 0.4) is 0 Å². The van der Waals surface area contributed by atoms with E-state index in [4.69, 9.17) is 4.74 Å². The molecular formula is C28H30F9NO2. The Labute approximate surface area is 226 Å². The number of hydrogen-bond donors (Lipinski definition) is 0. The Morgan fingerprint density at radius 1 is 0.850 bits per heavy atom. The number of ether oxygens (including phenoxy) is 1. The lowest BCUT2D eigenvalue weighted by molar-refractivity contribution is -0.145. The van der Waals surface area contributed by atoms with Crippen LogP contribution < -0.4 is 0 Å². The summed E-state index contributed by atoms with van der Waals surface area (Å²) in [6, 6.07) is 4.28. The molecule has 0 aliphatic carbocycles. The normalized spacial score (nSPS) is 20.9. The maximum atomic E-state index is 13.9. The fourth-order valence-electron chi connectivity index (χ4n) is 5.40. The molecule has 0 aromatic heterocycles. The number of nitrogens with zero attached hydrogens (tertiary/aromatic N) is 1. The number of piperidine rings is 1. The Morgan fingerprint density at radius 2 is 1.45 bits per heavy atom. The SMILES string of the molecule is CCC[C@H]1C[C@@H](CC(=O)OCC)C[C@H](c2ccc(C(F)(F)F)cc2)N1Cc1cc(C(F)(F)F)ccc1C(F)(F)F. The Kier molecular flexibility index (Phi) is 9.85. The molecule has 222 valence electrons. The molecule has 3 rings (SSSR count). The second-order valence-corrected chi connectivity index (χ2v) is 9.96. The Morgan fingerprint density at radius 3 is 1.98 bits per heavy atom. The van der Waals surface area contributed by atoms with Crippen molar-refractivity contribution in [3.63, 3.8) is 0 Å². The third kappa shape index (κ3) is 7.92. The number of carbonyl (C=O) groups excluding carboxylic acids is 1. The number of esters is 1. The highest BCUT2D eigenvalue weighted by atomic mass is 19.4. The summed E-state index contributed by atoms with van der Waals surface area (Å²) < 4.78 is 127. The molecule has 0 bridgehead atoms. The minimum Gasteiger partial charge on any atom is -0.466 e. The van der Waals surface area contributed by atoms with Crippen LogP contribution in [0.4, 0.5) is 39.5 Å². The highest BCUT2D eigenvalue weighted by molar-refractivity contribution is 5.69. The number of halogens is 9. The Bertz CT molecular complexity index is 1140. The molecule has 0 unspecified atom stereocenters. The topological polar surface area (TPSA) is 29.5 Å². The molecule has 0 N–H and O–H groups in total. The molecule has 2 aromatic carbocycles. The van der Waals surface area contributed by atoms with Gasteiger partial charge < -0.3 is 4.74 Å². The second kappa shape index (κ2) is 12.4. The standard InChI is InChI=1S/C28H30F9NO2/c1-3-5-22-12-17(14-25(39)40-4-2)13-24(18-6-8-20(9-7-18)26(29,30)31)38(22)16-19-15-21(27(32,33)34)10-11-23(19)28(35,36)37/h6-11,15,17,22,24H,3-5,12-14,16H2,1-2H3/t17-,22+,24-/m1/s1. The van der Waals surface area contributed by atoms with Crippen LogP contribution in [0.25, 0.3) is 0 Å². The summed E-state index contributed by atoms with van der Waals surface area (Å²) in [5.41, 5.74) is -3.57. The van der Waals surface area contributed by atoms with Crippen molar-refractivity contribution < 1.29 is 49.0 Å². The van der Waals surface area contributed by atoms with Crippen molar-refractivity contribution in [3.05, 3.63) is 70.3 Å². The summed E-state index contributed by atoms with van der Waals surface area (Å²) in [4.78, 5) is 13.9. The molecule has 40 heavy (non-hydrogen) atoms. The van der Waals surface area contributed by atoms with Crippen molar-refractivity contribution in [2.75, 3.05) is 6.61 Å². The zero-order chi connectivity index (χ0) is 29.9. The van der Waals surface area contributed by atoms with Gasteiger partial charge in [-0.1, -0.05) is 25.5 Å². The lowest BCUT2D eigenvalue weighted by Crippen LogP contribution is -2.45. The van der Waals surface area contributed by atoms with Gasteiger partial charge in [-0.05, 0) is 73.6 Å². The molecular weight excluding hydrogens is 553 g/mol. The monoisotopic (exact) mass is 583 g/mol. The fraction of sp³-hybridized carbons (Fsp3) is 0.536. The van der Waals surface area contributed by atoms with Crippen LogP contribution in [0.5, 0.6) is 0 Å². The molecule has 2 aromatic rings. The van der Waals surface area contributed by atoms with Gasteiger partial charge in [-0.25, -0.2) is 0 Å². The molecule has 0 spiro atoms. The molecule has 1 saturated heterocycles. The lowest BCUT2D eigenvalue weighted by Gasteiger charge is -2.46. The van der Waals surface area contributed by atoms with E-state index in [9.17, 15) is 44.3 Å². The van der Waals surface area contributed by atoms with E-state index in [1.807, 2.05) is 6.92 Å². The first-order chi connectivity index (χ1) is 18.5. The first-order valence-corrected chi connectivity index (χ1v) is 12.9. The summed E-state index contributed by atoms with van der Waals surface area (Å²) in [6.45, 7) is 3.11. The lowest BCUT2D eigenvalue weighted by atomic mass is 9.79. The first kappa shape index (κ1) is 31.8. The van der Waals surface area contributed by atoms with Gasteiger partial charge >= 0.3 is 24.5 Å². The molecule has 1 fully saturated rings. The van der Waals surface area contributed by atoms with Crippen LogP contribution in [0.1, 0.15) is 79.8 Å². The number of carbonyl (C=O) groups is 1. The predicted octanol–water partition coefficient (Wildman–Crippen LogP) is 8.82. The minimum absolute atomic E-state index is 0.0103. The molecule has 3 atom stereocenters. The van der Waals surface area contributed by atoms with Crippen LogP contribution in [0.15, 0.2) is 42.5 Å². The van der Waals surface area contributed by atoms with E-state index in [2.05, 4.69) is 0 Å². The summed E-state index contributed by atoms with van der Waals surface area (Å²) >= 11 is 0. The summed E-state index contributed by atoms with van der Waals surface area (Å²) in [7, 11) is 0. The maximum Gasteiger partial charge on any atom is 0.416 e.